The third-order valence-corrected chi connectivity index (χ3v) is 6.16. The second-order valence-corrected chi connectivity index (χ2v) is 9.07. The van der Waals surface area contributed by atoms with Crippen molar-refractivity contribution in [2.24, 2.45) is 0 Å². The van der Waals surface area contributed by atoms with Gasteiger partial charge in [-0.2, -0.15) is 0 Å². The van der Waals surface area contributed by atoms with Crippen LogP contribution in [0.15, 0.2) is 24.3 Å². The minimum Gasteiger partial charge on any atom is -0.491 e. The minimum absolute atomic E-state index is 0.0201. The van der Waals surface area contributed by atoms with Crippen LogP contribution in [-0.2, 0) is 5.41 Å². The average molecular weight is 429 g/mol. The minimum atomic E-state index is -0.0530. The Labute approximate surface area is 188 Å². The van der Waals surface area contributed by atoms with E-state index >= 15 is 0 Å². The number of hydrogen-bond donors (Lipinski definition) is 2. The fourth-order valence-electron chi connectivity index (χ4n) is 4.26. The summed E-state index contributed by atoms with van der Waals surface area (Å²) in [6, 6.07) is 8.74. The number of aliphatic hydroxyl groups excluding tert-OH is 2. The second-order valence-electron chi connectivity index (χ2n) is 9.07. The molecular formula is C27H40O4. The molecule has 0 spiro atoms. The molecule has 0 aromatic heterocycles. The Balaban J connectivity index is 2.78. The Bertz CT molecular complexity index is 870. The molecule has 1 unspecified atom stereocenters. The van der Waals surface area contributed by atoms with Gasteiger partial charge in [-0.3, -0.25) is 0 Å². The summed E-state index contributed by atoms with van der Waals surface area (Å²) in [7, 11) is 0. The molecule has 0 radical (unpaired) electrons. The number of rotatable bonds is 11. The van der Waals surface area contributed by atoms with E-state index in [2.05, 4.69) is 72.7 Å². The van der Waals surface area contributed by atoms with Gasteiger partial charge in [0.1, 0.15) is 24.7 Å². The fraction of sp³-hybridized carbons (Fsp3) is 0.556. The van der Waals surface area contributed by atoms with Crippen molar-refractivity contribution in [2.45, 2.75) is 72.6 Å². The van der Waals surface area contributed by atoms with Crippen molar-refractivity contribution in [2.75, 3.05) is 26.4 Å². The SMILES string of the molecule is CCC(c1cc(C)cc(C)c1OCCO)c1cc(C)cc(C(C)(C)CC)c1OCCO. The molecule has 172 valence electrons. The summed E-state index contributed by atoms with van der Waals surface area (Å²) in [4.78, 5) is 0. The smallest absolute Gasteiger partial charge is 0.126 e. The summed E-state index contributed by atoms with van der Waals surface area (Å²) in [5.74, 6) is 1.80. The summed E-state index contributed by atoms with van der Waals surface area (Å²) in [5.41, 5.74) is 6.83. The topological polar surface area (TPSA) is 58.9 Å². The molecule has 0 saturated carbocycles. The van der Waals surface area contributed by atoms with E-state index < -0.39 is 0 Å². The van der Waals surface area contributed by atoms with Crippen molar-refractivity contribution in [1.82, 2.24) is 0 Å². The number of hydrogen-bond acceptors (Lipinski definition) is 4. The molecule has 2 rings (SSSR count). The van der Waals surface area contributed by atoms with E-state index in [0.717, 1.165) is 41.0 Å². The van der Waals surface area contributed by atoms with Crippen LogP contribution < -0.4 is 9.47 Å². The van der Waals surface area contributed by atoms with Crippen LogP contribution in [0.4, 0.5) is 0 Å². The zero-order chi connectivity index (χ0) is 23.2. The highest BCUT2D eigenvalue weighted by molar-refractivity contribution is 5.56. The Hall–Kier alpha value is -2.04. The molecule has 0 heterocycles. The van der Waals surface area contributed by atoms with Crippen LogP contribution in [0.5, 0.6) is 11.5 Å². The summed E-state index contributed by atoms with van der Waals surface area (Å²) in [6.07, 6.45) is 1.86. The standard InChI is InChI=1S/C27H40O4/c1-8-21(22-15-18(3)14-20(5)25(22)30-12-10-28)23-16-19(4)17-24(27(6,7)9-2)26(23)31-13-11-29/h14-17,21,28-29H,8-13H2,1-7H3. The molecule has 0 aliphatic rings. The first-order valence-corrected chi connectivity index (χ1v) is 11.4. The van der Waals surface area contributed by atoms with Crippen LogP contribution in [0.1, 0.15) is 79.8 Å². The predicted molar refractivity (Wildman–Crippen MR) is 128 cm³/mol. The Morgan fingerprint density at radius 2 is 1.32 bits per heavy atom. The maximum absolute atomic E-state index is 9.48. The largest absolute Gasteiger partial charge is 0.491 e. The summed E-state index contributed by atoms with van der Waals surface area (Å²) in [6.45, 7) is 15.6. The molecule has 31 heavy (non-hydrogen) atoms. The molecule has 0 saturated heterocycles. The normalized spacial score (nSPS) is 12.7. The van der Waals surface area contributed by atoms with E-state index in [-0.39, 0.29) is 37.8 Å². The van der Waals surface area contributed by atoms with E-state index in [1.54, 1.807) is 0 Å². The molecule has 2 aromatic carbocycles. The second kappa shape index (κ2) is 11.0. The number of benzene rings is 2. The van der Waals surface area contributed by atoms with Gasteiger partial charge >= 0.3 is 0 Å². The third kappa shape index (κ3) is 5.81. The Kier molecular flexibility index (Phi) is 8.96. The van der Waals surface area contributed by atoms with E-state index in [4.69, 9.17) is 9.47 Å². The molecule has 1 atom stereocenters. The van der Waals surface area contributed by atoms with Crippen LogP contribution >= 0.6 is 0 Å². The van der Waals surface area contributed by atoms with Crippen LogP contribution in [0.2, 0.25) is 0 Å². The highest BCUT2D eigenvalue weighted by Crippen LogP contribution is 2.45. The molecule has 2 N–H and O–H groups in total. The first-order chi connectivity index (χ1) is 14.7. The Morgan fingerprint density at radius 1 is 0.806 bits per heavy atom. The molecule has 0 fully saturated rings. The lowest BCUT2D eigenvalue weighted by atomic mass is 9.77. The van der Waals surface area contributed by atoms with Crippen molar-refractivity contribution in [3.8, 4) is 11.5 Å². The monoisotopic (exact) mass is 428 g/mol. The first kappa shape index (κ1) is 25.2. The van der Waals surface area contributed by atoms with E-state index in [9.17, 15) is 10.2 Å². The van der Waals surface area contributed by atoms with Gasteiger partial charge in [0.15, 0.2) is 0 Å². The van der Waals surface area contributed by atoms with Gasteiger partial charge in [0.2, 0.25) is 0 Å². The van der Waals surface area contributed by atoms with Gasteiger partial charge < -0.3 is 19.7 Å². The number of ether oxygens (including phenoxy) is 2. The lowest BCUT2D eigenvalue weighted by Crippen LogP contribution is -2.20. The quantitative estimate of drug-likeness (QED) is 0.490. The zero-order valence-electron chi connectivity index (χ0n) is 20.3. The maximum atomic E-state index is 9.48. The molecule has 0 bridgehead atoms. The Morgan fingerprint density at radius 3 is 1.84 bits per heavy atom. The van der Waals surface area contributed by atoms with E-state index in [0.29, 0.717) is 0 Å². The van der Waals surface area contributed by atoms with Crippen molar-refractivity contribution >= 4 is 0 Å². The maximum Gasteiger partial charge on any atom is 0.126 e. The zero-order valence-corrected chi connectivity index (χ0v) is 20.3. The summed E-state index contributed by atoms with van der Waals surface area (Å²) in [5, 5.41) is 18.8. The molecule has 0 amide bonds. The third-order valence-electron chi connectivity index (χ3n) is 6.16. The number of aryl methyl sites for hydroxylation is 3. The van der Waals surface area contributed by atoms with Crippen LogP contribution in [0.25, 0.3) is 0 Å². The van der Waals surface area contributed by atoms with Gasteiger partial charge in [-0.15, -0.1) is 0 Å². The molecule has 4 heteroatoms. The van der Waals surface area contributed by atoms with Crippen LogP contribution in [-0.4, -0.2) is 36.6 Å². The fourth-order valence-corrected chi connectivity index (χ4v) is 4.26. The average Bonchev–Trinajstić information content (AvgIpc) is 2.72. The predicted octanol–water partition coefficient (Wildman–Crippen LogP) is 5.58. The lowest BCUT2D eigenvalue weighted by Gasteiger charge is -2.31. The van der Waals surface area contributed by atoms with Gasteiger partial charge in [-0.1, -0.05) is 63.1 Å². The van der Waals surface area contributed by atoms with Crippen LogP contribution in [0.3, 0.4) is 0 Å². The van der Waals surface area contributed by atoms with Gasteiger partial charge in [-0.25, -0.2) is 0 Å². The molecule has 0 aliphatic heterocycles. The van der Waals surface area contributed by atoms with Crippen LogP contribution in [0, 0.1) is 20.8 Å². The van der Waals surface area contributed by atoms with Gasteiger partial charge in [0, 0.05) is 22.6 Å². The van der Waals surface area contributed by atoms with Gasteiger partial charge in [-0.05, 0) is 44.6 Å². The first-order valence-electron chi connectivity index (χ1n) is 11.4. The molecule has 4 nitrogen and oxygen atoms in total. The molecule has 2 aromatic rings. The summed E-state index contributed by atoms with van der Waals surface area (Å²) >= 11 is 0. The van der Waals surface area contributed by atoms with Crippen molar-refractivity contribution < 1.29 is 19.7 Å². The summed E-state index contributed by atoms with van der Waals surface area (Å²) < 4.78 is 12.2. The lowest BCUT2D eigenvalue weighted by molar-refractivity contribution is 0.196. The molecular weight excluding hydrogens is 388 g/mol. The van der Waals surface area contributed by atoms with Gasteiger partial charge in [0.05, 0.1) is 13.2 Å². The highest BCUT2D eigenvalue weighted by atomic mass is 16.5. The van der Waals surface area contributed by atoms with Crippen molar-refractivity contribution in [1.29, 1.82) is 0 Å². The van der Waals surface area contributed by atoms with Crippen molar-refractivity contribution in [3.63, 3.8) is 0 Å². The van der Waals surface area contributed by atoms with Gasteiger partial charge in [0.25, 0.3) is 0 Å². The van der Waals surface area contributed by atoms with E-state index in [1.807, 2.05) is 0 Å². The molecule has 0 aliphatic carbocycles. The van der Waals surface area contributed by atoms with E-state index in [1.165, 1.54) is 16.7 Å². The number of aliphatic hydroxyl groups is 2. The van der Waals surface area contributed by atoms with Crippen molar-refractivity contribution in [3.05, 3.63) is 57.6 Å². The highest BCUT2D eigenvalue weighted by Gasteiger charge is 2.29.